The second-order valence-electron chi connectivity index (χ2n) is 8.00. The number of imidazole rings is 1. The summed E-state index contributed by atoms with van der Waals surface area (Å²) in [5.74, 6) is -0.137. The number of hydrogen-bond acceptors (Lipinski definition) is 4. The third-order valence-electron chi connectivity index (χ3n) is 5.69. The summed E-state index contributed by atoms with van der Waals surface area (Å²) in [5, 5.41) is 0. The van der Waals surface area contributed by atoms with Gasteiger partial charge in [0.1, 0.15) is 5.52 Å². The number of piperidine rings is 1. The molecule has 0 spiro atoms. The molecular formula is C21H23F3N4O2S. The van der Waals surface area contributed by atoms with Crippen molar-refractivity contribution in [2.75, 3.05) is 13.1 Å². The van der Waals surface area contributed by atoms with E-state index in [1.54, 1.807) is 6.33 Å². The molecule has 6 nitrogen and oxygen atoms in total. The lowest BCUT2D eigenvalue weighted by Crippen LogP contribution is -2.44. The fraction of sp³-hybridized carbons (Fsp3) is 0.429. The predicted octanol–water partition coefficient (Wildman–Crippen LogP) is 4.71. The van der Waals surface area contributed by atoms with Gasteiger partial charge in [-0.05, 0) is 32.8 Å². The van der Waals surface area contributed by atoms with E-state index in [1.807, 2.05) is 54.8 Å². The smallest absolute Gasteiger partial charge is 0.328 e. The number of hydrogen-bond donors (Lipinski definition) is 0. The Hall–Kier alpha value is -2.46. The Morgan fingerprint density at radius 3 is 2.32 bits per heavy atom. The van der Waals surface area contributed by atoms with Crippen molar-refractivity contribution < 1.29 is 21.6 Å². The lowest BCUT2D eigenvalue weighted by atomic mass is 9.93. The first kappa shape index (κ1) is 21.8. The number of benzene rings is 1. The molecule has 1 aliphatic heterocycles. The lowest BCUT2D eigenvalue weighted by molar-refractivity contribution is -0.0494. The summed E-state index contributed by atoms with van der Waals surface area (Å²) >= 11 is 0. The van der Waals surface area contributed by atoms with Crippen molar-refractivity contribution in [2.45, 2.75) is 44.2 Å². The molecule has 3 heterocycles. The summed E-state index contributed by atoms with van der Waals surface area (Å²) in [5.41, 5.74) is -1.23. The van der Waals surface area contributed by atoms with E-state index in [0.29, 0.717) is 4.31 Å². The molecule has 1 aliphatic rings. The van der Waals surface area contributed by atoms with Crippen LogP contribution in [0.2, 0.25) is 0 Å². The van der Waals surface area contributed by atoms with Crippen LogP contribution in [0, 0.1) is 0 Å². The minimum absolute atomic E-state index is 0.137. The van der Waals surface area contributed by atoms with Gasteiger partial charge in [-0.15, -0.1) is 0 Å². The first-order valence-electron chi connectivity index (χ1n) is 10.1. The summed E-state index contributed by atoms with van der Waals surface area (Å²) in [6, 6.07) is 11.7. The second kappa shape index (κ2) is 7.90. The number of halogens is 3. The van der Waals surface area contributed by atoms with Crippen LogP contribution in [-0.2, 0) is 10.0 Å². The summed E-state index contributed by atoms with van der Waals surface area (Å²) in [6.07, 6.45) is 2.32. The van der Waals surface area contributed by atoms with Crippen LogP contribution in [0.15, 0.2) is 42.7 Å². The van der Waals surface area contributed by atoms with Gasteiger partial charge >= 0.3 is 15.5 Å². The Kier molecular flexibility index (Phi) is 5.55. The number of sulfonamides is 1. The number of aromatic nitrogens is 3. The Bertz CT molecular complexity index is 1180. The van der Waals surface area contributed by atoms with Crippen LogP contribution in [0.1, 0.15) is 44.3 Å². The van der Waals surface area contributed by atoms with Crippen LogP contribution in [0.25, 0.3) is 22.3 Å². The molecule has 0 atom stereocenters. The maximum absolute atomic E-state index is 12.9. The first-order valence-corrected chi connectivity index (χ1v) is 11.5. The Morgan fingerprint density at radius 2 is 1.74 bits per heavy atom. The van der Waals surface area contributed by atoms with Crippen LogP contribution >= 0.6 is 0 Å². The molecule has 0 N–H and O–H groups in total. The Balaban J connectivity index is 1.71. The van der Waals surface area contributed by atoms with Crippen LogP contribution in [0.4, 0.5) is 13.2 Å². The van der Waals surface area contributed by atoms with Crippen LogP contribution in [-0.4, -0.2) is 45.9 Å². The average molecular weight is 453 g/mol. The largest absolute Gasteiger partial charge is 0.511 e. The lowest BCUT2D eigenvalue weighted by Gasteiger charge is -2.31. The van der Waals surface area contributed by atoms with E-state index in [2.05, 4.69) is 4.98 Å². The third kappa shape index (κ3) is 3.94. The van der Waals surface area contributed by atoms with Gasteiger partial charge in [-0.25, -0.2) is 13.4 Å². The fourth-order valence-corrected chi connectivity index (χ4v) is 4.99. The van der Waals surface area contributed by atoms with Gasteiger partial charge < -0.3 is 4.57 Å². The SMILES string of the molecule is CC(C)n1cnc2c(-c3ccccc3)nc(C3CCN(S(=O)(=O)C(F)(F)F)CC3)cc21. The zero-order valence-corrected chi connectivity index (χ0v) is 18.0. The molecule has 2 aromatic heterocycles. The molecule has 0 aliphatic carbocycles. The second-order valence-corrected chi connectivity index (χ2v) is 9.93. The highest BCUT2D eigenvalue weighted by atomic mass is 32.2. The van der Waals surface area contributed by atoms with Crippen molar-refractivity contribution in [1.29, 1.82) is 0 Å². The highest BCUT2D eigenvalue weighted by molar-refractivity contribution is 7.90. The van der Waals surface area contributed by atoms with Crippen LogP contribution < -0.4 is 0 Å². The highest BCUT2D eigenvalue weighted by Gasteiger charge is 2.50. The maximum atomic E-state index is 12.9. The molecule has 166 valence electrons. The van der Waals surface area contributed by atoms with E-state index in [9.17, 15) is 21.6 Å². The monoisotopic (exact) mass is 452 g/mol. The number of nitrogens with zero attached hydrogens (tertiary/aromatic N) is 4. The average Bonchev–Trinajstić information content (AvgIpc) is 3.17. The molecule has 0 saturated carbocycles. The highest BCUT2D eigenvalue weighted by Crippen LogP contribution is 2.36. The topological polar surface area (TPSA) is 68.1 Å². The molecule has 31 heavy (non-hydrogen) atoms. The number of rotatable bonds is 4. The standard InChI is InChI=1S/C21H23F3N4O2S/c1-14(2)28-13-25-20-18(28)12-17(26-19(20)16-6-4-3-5-7-16)15-8-10-27(11-9-15)31(29,30)21(22,23)24/h3-7,12-15H,8-11H2,1-2H3. The quantitative estimate of drug-likeness (QED) is 0.575. The molecular weight excluding hydrogens is 429 g/mol. The van der Waals surface area contributed by atoms with Crippen molar-refractivity contribution in [3.63, 3.8) is 0 Å². The predicted molar refractivity (Wildman–Crippen MR) is 112 cm³/mol. The summed E-state index contributed by atoms with van der Waals surface area (Å²) in [7, 11) is -5.30. The van der Waals surface area contributed by atoms with Gasteiger partial charge in [-0.2, -0.15) is 17.5 Å². The zero-order valence-electron chi connectivity index (χ0n) is 17.2. The Labute approximate surface area is 178 Å². The van der Waals surface area contributed by atoms with E-state index < -0.39 is 15.5 Å². The molecule has 0 amide bonds. The molecule has 1 saturated heterocycles. The van der Waals surface area contributed by atoms with Gasteiger partial charge in [0.15, 0.2) is 0 Å². The normalized spacial score (nSPS) is 17.0. The third-order valence-corrected chi connectivity index (χ3v) is 7.32. The first-order chi connectivity index (χ1) is 14.6. The molecule has 1 aromatic carbocycles. The summed E-state index contributed by atoms with van der Waals surface area (Å²) in [4.78, 5) is 9.40. The summed E-state index contributed by atoms with van der Waals surface area (Å²) < 4.78 is 64.7. The zero-order chi connectivity index (χ0) is 22.4. The van der Waals surface area contributed by atoms with Gasteiger partial charge in [-0.3, -0.25) is 4.98 Å². The van der Waals surface area contributed by atoms with Gasteiger partial charge in [-0.1, -0.05) is 30.3 Å². The van der Waals surface area contributed by atoms with E-state index in [-0.39, 0.29) is 37.9 Å². The fourth-order valence-electron chi connectivity index (χ4n) is 4.01. The van der Waals surface area contributed by atoms with Gasteiger partial charge in [0.2, 0.25) is 0 Å². The molecule has 0 radical (unpaired) electrons. The molecule has 3 aromatic rings. The van der Waals surface area contributed by atoms with Crippen molar-refractivity contribution in [3.8, 4) is 11.3 Å². The van der Waals surface area contributed by atoms with Crippen molar-refractivity contribution in [2.24, 2.45) is 0 Å². The molecule has 4 rings (SSSR count). The van der Waals surface area contributed by atoms with E-state index in [0.717, 1.165) is 28.0 Å². The minimum Gasteiger partial charge on any atom is -0.328 e. The molecule has 0 bridgehead atoms. The number of alkyl halides is 3. The molecule has 10 heteroatoms. The van der Waals surface area contributed by atoms with Gasteiger partial charge in [0.25, 0.3) is 0 Å². The molecule has 1 fully saturated rings. The van der Waals surface area contributed by atoms with Crippen LogP contribution in [0.3, 0.4) is 0 Å². The maximum Gasteiger partial charge on any atom is 0.511 e. The van der Waals surface area contributed by atoms with Crippen molar-refractivity contribution >= 4 is 21.1 Å². The van der Waals surface area contributed by atoms with Crippen molar-refractivity contribution in [3.05, 3.63) is 48.4 Å². The van der Waals surface area contributed by atoms with E-state index >= 15 is 0 Å². The number of fused-ring (bicyclic) bond motifs is 1. The van der Waals surface area contributed by atoms with Crippen molar-refractivity contribution in [1.82, 2.24) is 18.8 Å². The Morgan fingerprint density at radius 1 is 1.10 bits per heavy atom. The van der Waals surface area contributed by atoms with E-state index in [4.69, 9.17) is 4.98 Å². The van der Waals surface area contributed by atoms with Gasteiger partial charge in [0, 0.05) is 36.3 Å². The van der Waals surface area contributed by atoms with E-state index in [1.165, 1.54) is 0 Å². The van der Waals surface area contributed by atoms with Crippen LogP contribution in [0.5, 0.6) is 0 Å². The minimum atomic E-state index is -5.30. The molecule has 0 unspecified atom stereocenters. The van der Waals surface area contributed by atoms with Gasteiger partial charge in [0.05, 0.1) is 17.5 Å². The number of pyridine rings is 1. The summed E-state index contributed by atoms with van der Waals surface area (Å²) in [6.45, 7) is 3.72.